The fraction of sp³-hybridized carbons (Fsp3) is 0.222. The molecule has 0 amide bonds. The average molecular weight is 353 g/mol. The van der Waals surface area contributed by atoms with Crippen LogP contribution in [0, 0.1) is 6.92 Å². The maximum atomic E-state index is 12.6. The number of rotatable bonds is 7. The fourth-order valence-corrected chi connectivity index (χ4v) is 2.58. The summed E-state index contributed by atoms with van der Waals surface area (Å²) in [5, 5.41) is 22.9. The van der Waals surface area contributed by atoms with E-state index in [1.807, 2.05) is 42.0 Å². The van der Waals surface area contributed by atoms with Gasteiger partial charge in [0.15, 0.2) is 5.76 Å². The molecule has 26 heavy (non-hydrogen) atoms. The van der Waals surface area contributed by atoms with Gasteiger partial charge in [0.25, 0.3) is 0 Å². The van der Waals surface area contributed by atoms with E-state index in [1.165, 1.54) is 5.56 Å². The SMILES string of the molecule is COCc1cc(C(=O)C=C(O)c2nn[nH]n2)n(Cc2ccc(C)cc2)c1. The third-order valence-electron chi connectivity index (χ3n) is 3.83. The van der Waals surface area contributed by atoms with E-state index in [0.717, 1.165) is 17.2 Å². The second-order valence-electron chi connectivity index (χ2n) is 5.91. The maximum absolute atomic E-state index is 12.6. The number of ketones is 1. The van der Waals surface area contributed by atoms with Crippen LogP contribution in [0.3, 0.4) is 0 Å². The van der Waals surface area contributed by atoms with E-state index in [4.69, 9.17) is 4.74 Å². The largest absolute Gasteiger partial charge is 0.504 e. The number of carbonyl (C=O) groups is 1. The van der Waals surface area contributed by atoms with Crippen LogP contribution >= 0.6 is 0 Å². The molecule has 0 aliphatic rings. The van der Waals surface area contributed by atoms with Gasteiger partial charge in [0.1, 0.15) is 0 Å². The molecule has 0 aliphatic carbocycles. The summed E-state index contributed by atoms with van der Waals surface area (Å²) in [6.07, 6.45) is 2.96. The molecule has 0 fully saturated rings. The first kappa shape index (κ1) is 17.6. The number of aryl methyl sites for hydroxylation is 1. The van der Waals surface area contributed by atoms with E-state index in [1.54, 1.807) is 13.2 Å². The number of aliphatic hydroxyl groups is 1. The first-order valence-electron chi connectivity index (χ1n) is 7.99. The van der Waals surface area contributed by atoms with Gasteiger partial charge in [-0.05, 0) is 29.3 Å². The number of allylic oxidation sites excluding steroid dienone is 1. The number of carbonyl (C=O) groups excluding carboxylic acids is 1. The molecule has 2 heterocycles. The molecule has 2 N–H and O–H groups in total. The van der Waals surface area contributed by atoms with Gasteiger partial charge in [-0.25, -0.2) is 0 Å². The minimum Gasteiger partial charge on any atom is -0.504 e. The molecule has 0 saturated carbocycles. The minimum absolute atomic E-state index is 0.0351. The van der Waals surface area contributed by atoms with Crippen molar-refractivity contribution in [2.24, 2.45) is 0 Å². The van der Waals surface area contributed by atoms with Gasteiger partial charge < -0.3 is 14.4 Å². The van der Waals surface area contributed by atoms with Gasteiger partial charge in [0.2, 0.25) is 11.6 Å². The highest BCUT2D eigenvalue weighted by Gasteiger charge is 2.15. The Bertz CT molecular complexity index is 911. The Morgan fingerprint density at radius 3 is 2.73 bits per heavy atom. The highest BCUT2D eigenvalue weighted by molar-refractivity contribution is 6.06. The van der Waals surface area contributed by atoms with Gasteiger partial charge >= 0.3 is 0 Å². The number of nitrogens with zero attached hydrogens (tertiary/aromatic N) is 4. The Labute approximate surface area is 150 Å². The van der Waals surface area contributed by atoms with Crippen LogP contribution in [0.2, 0.25) is 0 Å². The van der Waals surface area contributed by atoms with Gasteiger partial charge in [-0.1, -0.05) is 29.8 Å². The van der Waals surface area contributed by atoms with E-state index in [2.05, 4.69) is 20.6 Å². The summed E-state index contributed by atoms with van der Waals surface area (Å²) in [4.78, 5) is 12.6. The Hall–Kier alpha value is -3.26. The van der Waals surface area contributed by atoms with Crippen LogP contribution in [-0.4, -0.2) is 43.2 Å². The molecule has 1 aromatic carbocycles. The smallest absolute Gasteiger partial charge is 0.239 e. The van der Waals surface area contributed by atoms with Crippen LogP contribution in [0.15, 0.2) is 42.6 Å². The number of methoxy groups -OCH3 is 1. The predicted octanol–water partition coefficient (Wildman–Crippen LogP) is 2.29. The van der Waals surface area contributed by atoms with Crippen molar-refractivity contribution < 1.29 is 14.6 Å². The van der Waals surface area contributed by atoms with E-state index in [9.17, 15) is 9.90 Å². The lowest BCUT2D eigenvalue weighted by atomic mass is 10.1. The number of hydrogen-bond acceptors (Lipinski definition) is 6. The molecule has 8 nitrogen and oxygen atoms in total. The van der Waals surface area contributed by atoms with Crippen LogP contribution < -0.4 is 0 Å². The normalized spacial score (nSPS) is 11.7. The Morgan fingerprint density at radius 2 is 2.08 bits per heavy atom. The van der Waals surface area contributed by atoms with E-state index in [-0.39, 0.29) is 17.4 Å². The lowest BCUT2D eigenvalue weighted by molar-refractivity contribution is 0.103. The van der Waals surface area contributed by atoms with E-state index >= 15 is 0 Å². The number of aromatic amines is 1. The Morgan fingerprint density at radius 1 is 1.31 bits per heavy atom. The van der Waals surface area contributed by atoms with E-state index in [0.29, 0.717) is 18.8 Å². The molecule has 3 rings (SSSR count). The van der Waals surface area contributed by atoms with Crippen molar-refractivity contribution in [3.05, 3.63) is 70.8 Å². The molecule has 8 heteroatoms. The number of aromatic nitrogens is 5. The Balaban J connectivity index is 1.90. The second-order valence-corrected chi connectivity index (χ2v) is 5.91. The molecule has 2 aromatic heterocycles. The number of nitrogens with one attached hydrogen (secondary N) is 1. The molecule has 0 atom stereocenters. The minimum atomic E-state index is -0.359. The summed E-state index contributed by atoms with van der Waals surface area (Å²) in [5.74, 6) is -0.742. The zero-order valence-electron chi connectivity index (χ0n) is 14.5. The van der Waals surface area contributed by atoms with Crippen molar-refractivity contribution in [3.8, 4) is 0 Å². The average Bonchev–Trinajstić information content (AvgIpc) is 3.27. The van der Waals surface area contributed by atoms with Crippen LogP contribution in [0.5, 0.6) is 0 Å². The number of benzene rings is 1. The van der Waals surface area contributed by atoms with Crippen molar-refractivity contribution in [1.82, 2.24) is 25.2 Å². The lowest BCUT2D eigenvalue weighted by Crippen LogP contribution is -2.08. The summed E-state index contributed by atoms with van der Waals surface area (Å²) in [5.41, 5.74) is 3.55. The van der Waals surface area contributed by atoms with Crippen molar-refractivity contribution in [1.29, 1.82) is 0 Å². The molecule has 0 bridgehead atoms. The third kappa shape index (κ3) is 4.04. The van der Waals surface area contributed by atoms with Crippen LogP contribution in [0.4, 0.5) is 0 Å². The maximum Gasteiger partial charge on any atom is 0.239 e. The van der Waals surface area contributed by atoms with Crippen LogP contribution in [-0.2, 0) is 17.9 Å². The topological polar surface area (TPSA) is 106 Å². The third-order valence-corrected chi connectivity index (χ3v) is 3.83. The monoisotopic (exact) mass is 353 g/mol. The summed E-state index contributed by atoms with van der Waals surface area (Å²) in [7, 11) is 1.60. The van der Waals surface area contributed by atoms with Gasteiger partial charge in [0, 0.05) is 25.9 Å². The molecule has 0 spiro atoms. The number of hydrogen-bond donors (Lipinski definition) is 2. The van der Waals surface area contributed by atoms with Crippen molar-refractivity contribution in [2.75, 3.05) is 7.11 Å². The highest BCUT2D eigenvalue weighted by atomic mass is 16.5. The van der Waals surface area contributed by atoms with Gasteiger partial charge in [-0.2, -0.15) is 5.21 Å². The summed E-state index contributed by atoms with van der Waals surface area (Å²) in [6.45, 7) is 2.94. The number of ether oxygens (including phenoxy) is 1. The summed E-state index contributed by atoms with van der Waals surface area (Å²) < 4.78 is 6.99. The van der Waals surface area contributed by atoms with Gasteiger partial charge in [0.05, 0.1) is 12.3 Å². The molecular weight excluding hydrogens is 334 g/mol. The van der Waals surface area contributed by atoms with Crippen LogP contribution in [0.25, 0.3) is 5.76 Å². The van der Waals surface area contributed by atoms with Crippen molar-refractivity contribution in [3.63, 3.8) is 0 Å². The number of H-pyrrole nitrogens is 1. The van der Waals surface area contributed by atoms with Crippen molar-refractivity contribution >= 4 is 11.5 Å². The van der Waals surface area contributed by atoms with Gasteiger partial charge in [-0.15, -0.1) is 10.2 Å². The zero-order chi connectivity index (χ0) is 18.5. The van der Waals surface area contributed by atoms with Crippen molar-refractivity contribution in [2.45, 2.75) is 20.1 Å². The molecule has 0 unspecified atom stereocenters. The lowest BCUT2D eigenvalue weighted by Gasteiger charge is -2.08. The quantitative estimate of drug-likeness (QED) is 0.383. The standard InChI is InChI=1S/C18H19N5O3/c1-12-3-5-13(6-4-12)9-23-10-14(11-26-2)7-15(23)16(24)8-17(25)18-19-21-22-20-18/h3-8,10,25H,9,11H2,1-2H3,(H,19,20,21,22). The molecule has 0 saturated heterocycles. The predicted molar refractivity (Wildman–Crippen MR) is 94.5 cm³/mol. The zero-order valence-corrected chi connectivity index (χ0v) is 14.5. The van der Waals surface area contributed by atoms with Gasteiger partial charge in [-0.3, -0.25) is 4.79 Å². The molecule has 0 radical (unpaired) electrons. The van der Waals surface area contributed by atoms with Crippen LogP contribution in [0.1, 0.15) is 33.0 Å². The molecular formula is C18H19N5O3. The number of aliphatic hydroxyl groups excluding tert-OH is 1. The Kier molecular flexibility index (Phi) is 5.23. The first-order chi connectivity index (χ1) is 12.6. The highest BCUT2D eigenvalue weighted by Crippen LogP contribution is 2.16. The summed E-state index contributed by atoms with van der Waals surface area (Å²) >= 11 is 0. The summed E-state index contributed by atoms with van der Waals surface area (Å²) in [6, 6.07) is 9.84. The molecule has 3 aromatic rings. The molecule has 0 aliphatic heterocycles. The van der Waals surface area contributed by atoms with E-state index < -0.39 is 0 Å². The second kappa shape index (κ2) is 7.75. The number of tetrazole rings is 1. The molecule has 134 valence electrons. The fourth-order valence-electron chi connectivity index (χ4n) is 2.58. The first-order valence-corrected chi connectivity index (χ1v) is 7.99.